The van der Waals surface area contributed by atoms with Gasteiger partial charge in [-0.25, -0.2) is 15.1 Å². The number of hydrogen-bond acceptors (Lipinski definition) is 6. The number of benzene rings is 2. The second-order valence-electron chi connectivity index (χ2n) is 8.23. The Kier molecular flexibility index (Phi) is 8.09. The topological polar surface area (TPSA) is 84.6 Å². The number of nitrogens with zero attached hydrogens (tertiary/aromatic N) is 5. The summed E-state index contributed by atoms with van der Waals surface area (Å²) in [6.07, 6.45) is 3.22. The average Bonchev–Trinajstić information content (AvgIpc) is 3.51. The zero-order valence-electron chi connectivity index (χ0n) is 20.0. The zero-order valence-corrected chi connectivity index (χ0v) is 21.7. The third-order valence-electron chi connectivity index (χ3n) is 5.39. The zero-order chi connectivity index (χ0) is 25.7. The van der Waals surface area contributed by atoms with E-state index >= 15 is 0 Å². The van der Waals surface area contributed by atoms with Crippen LogP contribution < -0.4 is 10.4 Å². The van der Waals surface area contributed by atoms with E-state index in [1.165, 1.54) is 11.8 Å². The molecule has 2 heterocycles. The molecule has 0 atom stereocenters. The van der Waals surface area contributed by atoms with Crippen LogP contribution in [0.3, 0.4) is 0 Å². The maximum atomic E-state index is 12.6. The molecule has 1 aliphatic rings. The van der Waals surface area contributed by atoms with E-state index in [-0.39, 0.29) is 23.5 Å². The van der Waals surface area contributed by atoms with E-state index in [0.717, 1.165) is 22.4 Å². The van der Waals surface area contributed by atoms with Gasteiger partial charge in [0.25, 0.3) is 0 Å². The van der Waals surface area contributed by atoms with E-state index in [0.29, 0.717) is 22.4 Å². The molecule has 8 nitrogen and oxygen atoms in total. The molecule has 4 rings (SSSR count). The summed E-state index contributed by atoms with van der Waals surface area (Å²) in [5.41, 5.74) is 7.05. The monoisotopic (exact) mass is 518 g/mol. The minimum atomic E-state index is -0.0243. The highest BCUT2D eigenvalue weighted by molar-refractivity contribution is 8.15. The van der Waals surface area contributed by atoms with Crippen molar-refractivity contribution >= 4 is 51.6 Å². The molecule has 3 aromatic rings. The van der Waals surface area contributed by atoms with Gasteiger partial charge in [-0.1, -0.05) is 81.2 Å². The summed E-state index contributed by atoms with van der Waals surface area (Å²) in [6, 6.07) is 15.5. The summed E-state index contributed by atoms with van der Waals surface area (Å²) in [4.78, 5) is 28.6. The fraction of sp³-hybridized carbons (Fsp3) is 0.192. The van der Waals surface area contributed by atoms with Crippen LogP contribution in [0.15, 0.2) is 79.1 Å². The lowest BCUT2D eigenvalue weighted by molar-refractivity contribution is -0.115. The SMILES string of the molecule is C=CC(=C)n1cnc(-c2ccc(CONC(=S)/N=C3\SCC(=O)N3c3ccccc3C(C)C)cc2)n1. The van der Waals surface area contributed by atoms with Crippen molar-refractivity contribution in [2.45, 2.75) is 26.4 Å². The van der Waals surface area contributed by atoms with Crippen LogP contribution in [0, 0.1) is 0 Å². The molecule has 0 spiro atoms. The number of hydrogen-bond donors (Lipinski definition) is 1. The Morgan fingerprint density at radius 2 is 2.03 bits per heavy atom. The Morgan fingerprint density at radius 1 is 1.28 bits per heavy atom. The standard InChI is InChI=1S/C26H26N6O2S2/c1-5-18(4)31-16-27-24(29-31)20-12-10-19(11-13-20)14-34-30-25(35)28-26-32(23(33)15-36-26)22-9-7-6-8-21(22)17(2)3/h5-13,16-17H,1,4,14-15H2,2-3H3,(H,30,35)/b28-26-. The largest absolute Gasteiger partial charge is 0.273 e. The molecule has 2 aromatic carbocycles. The molecule has 36 heavy (non-hydrogen) atoms. The molecular weight excluding hydrogens is 492 g/mol. The normalized spacial score (nSPS) is 14.5. The smallest absolute Gasteiger partial charge is 0.243 e. The van der Waals surface area contributed by atoms with Crippen LogP contribution >= 0.6 is 24.0 Å². The Morgan fingerprint density at radius 3 is 2.75 bits per heavy atom. The van der Waals surface area contributed by atoms with Gasteiger partial charge in [0.05, 0.1) is 23.7 Å². The summed E-state index contributed by atoms with van der Waals surface area (Å²) >= 11 is 6.70. The average molecular weight is 519 g/mol. The third kappa shape index (κ3) is 5.78. The van der Waals surface area contributed by atoms with Crippen LogP contribution in [-0.4, -0.2) is 36.7 Å². The highest BCUT2D eigenvalue weighted by Gasteiger charge is 2.31. The van der Waals surface area contributed by atoms with E-state index in [1.807, 2.05) is 48.5 Å². The first-order valence-electron chi connectivity index (χ1n) is 11.2. The van der Waals surface area contributed by atoms with Gasteiger partial charge in [0.15, 0.2) is 11.0 Å². The van der Waals surface area contributed by atoms with Crippen molar-refractivity contribution in [3.63, 3.8) is 0 Å². The van der Waals surface area contributed by atoms with Gasteiger partial charge in [0, 0.05) is 5.56 Å². The molecule has 1 saturated heterocycles. The molecule has 1 N–H and O–H groups in total. The van der Waals surface area contributed by atoms with E-state index in [9.17, 15) is 4.79 Å². The first kappa shape index (κ1) is 25.5. The van der Waals surface area contributed by atoms with Crippen molar-refractivity contribution in [3.05, 3.63) is 85.2 Å². The second-order valence-corrected chi connectivity index (χ2v) is 9.56. The van der Waals surface area contributed by atoms with E-state index in [4.69, 9.17) is 17.1 Å². The third-order valence-corrected chi connectivity index (χ3v) is 6.49. The first-order chi connectivity index (χ1) is 17.4. The Labute approximate surface area is 219 Å². The summed E-state index contributed by atoms with van der Waals surface area (Å²) < 4.78 is 1.57. The summed E-state index contributed by atoms with van der Waals surface area (Å²) in [6.45, 7) is 12.0. The molecule has 1 aliphatic heterocycles. The molecule has 0 saturated carbocycles. The number of nitrogens with one attached hydrogen (secondary N) is 1. The lowest BCUT2D eigenvalue weighted by Gasteiger charge is -2.21. The lowest BCUT2D eigenvalue weighted by Crippen LogP contribution is -2.32. The Hall–Kier alpha value is -3.60. The van der Waals surface area contributed by atoms with Gasteiger partial charge >= 0.3 is 0 Å². The van der Waals surface area contributed by atoms with Crippen molar-refractivity contribution in [2.75, 3.05) is 10.7 Å². The van der Waals surface area contributed by atoms with Crippen LogP contribution in [0.2, 0.25) is 0 Å². The van der Waals surface area contributed by atoms with Crippen LogP contribution in [0.25, 0.3) is 17.1 Å². The number of amidine groups is 1. The number of rotatable bonds is 8. The van der Waals surface area contributed by atoms with E-state index < -0.39 is 0 Å². The number of hydroxylamine groups is 1. The number of thioether (sulfide) groups is 1. The van der Waals surface area contributed by atoms with E-state index in [1.54, 1.807) is 22.0 Å². The maximum Gasteiger partial charge on any atom is 0.243 e. The minimum Gasteiger partial charge on any atom is -0.273 e. The number of carbonyl (C=O) groups excluding carboxylic acids is 1. The van der Waals surface area contributed by atoms with E-state index in [2.05, 4.69) is 47.6 Å². The molecule has 0 aliphatic carbocycles. The number of allylic oxidation sites excluding steroid dienone is 2. The van der Waals surface area contributed by atoms with Gasteiger partial charge in [-0.15, -0.1) is 5.10 Å². The lowest BCUT2D eigenvalue weighted by atomic mass is 10.0. The second kappa shape index (κ2) is 11.4. The van der Waals surface area contributed by atoms with Gasteiger partial charge in [0.2, 0.25) is 11.0 Å². The van der Waals surface area contributed by atoms with Gasteiger partial charge in [-0.2, -0.15) is 4.99 Å². The molecule has 1 aromatic heterocycles. The number of aromatic nitrogens is 3. The number of thiocarbonyl (C=S) groups is 1. The van der Waals surface area contributed by atoms with Crippen LogP contribution in [0.1, 0.15) is 30.9 Å². The van der Waals surface area contributed by atoms with Gasteiger partial charge in [-0.3, -0.25) is 14.5 Å². The van der Waals surface area contributed by atoms with Gasteiger partial charge in [-0.05, 0) is 41.4 Å². The Bertz CT molecular complexity index is 1330. The summed E-state index contributed by atoms with van der Waals surface area (Å²) in [5.74, 6) is 1.14. The van der Waals surface area contributed by atoms with Crippen LogP contribution in [-0.2, 0) is 16.2 Å². The minimum absolute atomic E-state index is 0.0243. The van der Waals surface area contributed by atoms with Crippen molar-refractivity contribution in [3.8, 4) is 11.4 Å². The molecule has 1 fully saturated rings. The maximum absolute atomic E-state index is 12.6. The first-order valence-corrected chi connectivity index (χ1v) is 12.6. The number of amides is 1. The number of anilines is 1. The van der Waals surface area contributed by atoms with Crippen molar-refractivity contribution < 1.29 is 9.63 Å². The number of para-hydroxylation sites is 1. The highest BCUT2D eigenvalue weighted by atomic mass is 32.2. The molecule has 0 unspecified atom stereocenters. The molecule has 0 bridgehead atoms. The van der Waals surface area contributed by atoms with Gasteiger partial charge < -0.3 is 0 Å². The summed E-state index contributed by atoms with van der Waals surface area (Å²) in [7, 11) is 0. The van der Waals surface area contributed by atoms with Crippen molar-refractivity contribution in [2.24, 2.45) is 4.99 Å². The molecule has 10 heteroatoms. The van der Waals surface area contributed by atoms with Crippen LogP contribution in [0.5, 0.6) is 0 Å². The highest BCUT2D eigenvalue weighted by Crippen LogP contribution is 2.33. The van der Waals surface area contributed by atoms with Crippen molar-refractivity contribution in [1.82, 2.24) is 20.2 Å². The quantitative estimate of drug-likeness (QED) is 0.250. The predicted octanol–water partition coefficient (Wildman–Crippen LogP) is 5.17. The number of aliphatic imine (C=N–C) groups is 1. The molecule has 0 radical (unpaired) electrons. The number of carbonyl (C=O) groups is 1. The molecule has 184 valence electrons. The van der Waals surface area contributed by atoms with Gasteiger partial charge in [0.1, 0.15) is 6.33 Å². The van der Waals surface area contributed by atoms with Crippen molar-refractivity contribution in [1.29, 1.82) is 0 Å². The fourth-order valence-corrected chi connectivity index (χ4v) is 4.60. The molecular formula is C26H26N6O2S2. The molecule has 1 amide bonds. The predicted molar refractivity (Wildman–Crippen MR) is 149 cm³/mol. The summed E-state index contributed by atoms with van der Waals surface area (Å²) in [5, 5.41) is 5.07. The fourth-order valence-electron chi connectivity index (χ4n) is 3.53. The Balaban J connectivity index is 1.36. The van der Waals surface area contributed by atoms with Crippen LogP contribution in [0.4, 0.5) is 5.69 Å².